The van der Waals surface area contributed by atoms with Crippen LogP contribution < -0.4 is 10.5 Å². The summed E-state index contributed by atoms with van der Waals surface area (Å²) >= 11 is 3.38. The fraction of sp³-hybridized carbons (Fsp3) is 0.0833. The Hall–Kier alpha value is -1.39. The largest absolute Gasteiger partial charge is 0.456 e. The lowest BCUT2D eigenvalue weighted by Crippen LogP contribution is -1.99. The smallest absolute Gasteiger partial charge is 0.144 e. The van der Waals surface area contributed by atoms with Crippen LogP contribution in [0.25, 0.3) is 0 Å². The first kappa shape index (κ1) is 11.1. The summed E-state index contributed by atoms with van der Waals surface area (Å²) in [7, 11) is 0. The lowest BCUT2D eigenvalue weighted by Gasteiger charge is -2.10. The Morgan fingerprint density at radius 3 is 2.75 bits per heavy atom. The van der Waals surface area contributed by atoms with Gasteiger partial charge in [0.1, 0.15) is 11.5 Å². The summed E-state index contributed by atoms with van der Waals surface area (Å²) in [6.45, 7) is 0.457. The second-order valence-corrected chi connectivity index (χ2v) is 4.07. The van der Waals surface area contributed by atoms with E-state index in [4.69, 9.17) is 10.5 Å². The molecule has 2 rings (SSSR count). The van der Waals surface area contributed by atoms with E-state index in [2.05, 4.69) is 20.9 Å². The van der Waals surface area contributed by atoms with Crippen LogP contribution in [-0.2, 0) is 6.54 Å². The van der Waals surface area contributed by atoms with Crippen LogP contribution in [0, 0.1) is 0 Å². The topological polar surface area (TPSA) is 48.1 Å². The molecule has 0 aliphatic heterocycles. The van der Waals surface area contributed by atoms with Crippen molar-refractivity contribution in [1.82, 2.24) is 4.98 Å². The van der Waals surface area contributed by atoms with Crippen molar-refractivity contribution in [3.8, 4) is 11.5 Å². The third-order valence-corrected chi connectivity index (χ3v) is 2.74. The molecule has 0 aliphatic rings. The molecule has 0 saturated carbocycles. The molecule has 0 bridgehead atoms. The van der Waals surface area contributed by atoms with Gasteiger partial charge in [-0.2, -0.15) is 0 Å². The van der Waals surface area contributed by atoms with Gasteiger partial charge in [0.2, 0.25) is 0 Å². The second-order valence-electron chi connectivity index (χ2n) is 3.22. The molecule has 4 heteroatoms. The van der Waals surface area contributed by atoms with Crippen molar-refractivity contribution in [2.24, 2.45) is 5.73 Å². The summed E-state index contributed by atoms with van der Waals surface area (Å²) < 4.78 is 6.59. The van der Waals surface area contributed by atoms with Gasteiger partial charge >= 0.3 is 0 Å². The Balaban J connectivity index is 2.30. The van der Waals surface area contributed by atoms with Gasteiger partial charge in [-0.05, 0) is 22.0 Å². The Morgan fingerprint density at radius 2 is 2.00 bits per heavy atom. The van der Waals surface area contributed by atoms with E-state index in [1.54, 1.807) is 18.5 Å². The third kappa shape index (κ3) is 2.40. The minimum atomic E-state index is 0.457. The maximum absolute atomic E-state index is 5.76. The highest BCUT2D eigenvalue weighted by Gasteiger charge is 2.05. The van der Waals surface area contributed by atoms with Crippen molar-refractivity contribution in [2.45, 2.75) is 6.54 Å². The average molecular weight is 279 g/mol. The van der Waals surface area contributed by atoms with Crippen molar-refractivity contribution in [2.75, 3.05) is 0 Å². The van der Waals surface area contributed by atoms with Crippen LogP contribution in [0.5, 0.6) is 11.5 Å². The zero-order chi connectivity index (χ0) is 11.4. The molecule has 16 heavy (non-hydrogen) atoms. The van der Waals surface area contributed by atoms with Crippen molar-refractivity contribution in [1.29, 1.82) is 0 Å². The highest BCUT2D eigenvalue weighted by molar-refractivity contribution is 9.10. The lowest BCUT2D eigenvalue weighted by atomic mass is 10.2. The van der Waals surface area contributed by atoms with Crippen LogP contribution >= 0.6 is 15.9 Å². The molecule has 0 unspecified atom stereocenters. The number of nitrogens with two attached hydrogens (primary N) is 1. The van der Waals surface area contributed by atoms with E-state index in [9.17, 15) is 0 Å². The van der Waals surface area contributed by atoms with Crippen LogP contribution in [0.1, 0.15) is 5.56 Å². The molecule has 1 heterocycles. The van der Waals surface area contributed by atoms with E-state index in [0.29, 0.717) is 6.54 Å². The quantitative estimate of drug-likeness (QED) is 0.939. The maximum atomic E-state index is 5.76. The highest BCUT2D eigenvalue weighted by Crippen LogP contribution is 2.30. The van der Waals surface area contributed by atoms with Gasteiger partial charge in [0.15, 0.2) is 0 Å². The summed E-state index contributed by atoms with van der Waals surface area (Å²) in [5.74, 6) is 1.51. The molecule has 2 aromatic rings. The maximum Gasteiger partial charge on any atom is 0.144 e. The van der Waals surface area contributed by atoms with Gasteiger partial charge in [-0.15, -0.1) is 0 Å². The Bertz CT molecular complexity index is 488. The third-order valence-electron chi connectivity index (χ3n) is 2.15. The van der Waals surface area contributed by atoms with E-state index in [1.165, 1.54) is 0 Å². The van der Waals surface area contributed by atoms with Crippen molar-refractivity contribution in [3.63, 3.8) is 0 Å². The summed E-state index contributed by atoms with van der Waals surface area (Å²) in [6.07, 6.45) is 3.38. The molecule has 2 N–H and O–H groups in total. The summed E-state index contributed by atoms with van der Waals surface area (Å²) in [6, 6.07) is 9.51. The first-order chi connectivity index (χ1) is 7.81. The highest BCUT2D eigenvalue weighted by atomic mass is 79.9. The number of pyridine rings is 1. The minimum absolute atomic E-state index is 0.457. The van der Waals surface area contributed by atoms with Crippen LogP contribution in [0.15, 0.2) is 47.2 Å². The van der Waals surface area contributed by atoms with Crippen molar-refractivity contribution >= 4 is 15.9 Å². The summed E-state index contributed by atoms with van der Waals surface area (Å²) in [5, 5.41) is 0. The predicted octanol–water partition coefficient (Wildman–Crippen LogP) is 3.10. The number of nitrogens with zero attached hydrogens (tertiary/aromatic N) is 1. The number of benzene rings is 1. The molecule has 0 fully saturated rings. The molecule has 0 amide bonds. The molecule has 0 aliphatic carbocycles. The fourth-order valence-electron chi connectivity index (χ4n) is 1.34. The summed E-state index contributed by atoms with van der Waals surface area (Å²) in [4.78, 5) is 3.98. The number of para-hydroxylation sites is 1. The van der Waals surface area contributed by atoms with Crippen LogP contribution in [0.2, 0.25) is 0 Å². The van der Waals surface area contributed by atoms with Crippen LogP contribution in [-0.4, -0.2) is 4.98 Å². The van der Waals surface area contributed by atoms with Crippen LogP contribution in [0.4, 0.5) is 0 Å². The SMILES string of the molecule is NCc1ccccc1Oc1ccncc1Br. The molecular weight excluding hydrogens is 268 g/mol. The number of halogens is 1. The van der Waals surface area contributed by atoms with Gasteiger partial charge in [-0.25, -0.2) is 0 Å². The first-order valence-corrected chi connectivity index (χ1v) is 5.66. The monoisotopic (exact) mass is 278 g/mol. The lowest BCUT2D eigenvalue weighted by molar-refractivity contribution is 0.472. The normalized spacial score (nSPS) is 10.1. The van der Waals surface area contributed by atoms with E-state index in [-0.39, 0.29) is 0 Å². The number of rotatable bonds is 3. The fourth-order valence-corrected chi connectivity index (χ4v) is 1.67. The molecule has 82 valence electrons. The minimum Gasteiger partial charge on any atom is -0.456 e. The zero-order valence-electron chi connectivity index (χ0n) is 8.56. The number of hydrogen-bond donors (Lipinski definition) is 1. The molecule has 1 aromatic heterocycles. The van der Waals surface area contributed by atoms with E-state index >= 15 is 0 Å². The summed E-state index contributed by atoms with van der Waals surface area (Å²) in [5.41, 5.74) is 6.62. The molecule has 3 nitrogen and oxygen atoms in total. The zero-order valence-corrected chi connectivity index (χ0v) is 10.1. The van der Waals surface area contributed by atoms with Gasteiger partial charge in [-0.1, -0.05) is 18.2 Å². The van der Waals surface area contributed by atoms with Crippen molar-refractivity contribution < 1.29 is 4.74 Å². The predicted molar refractivity (Wildman–Crippen MR) is 66.3 cm³/mol. The average Bonchev–Trinajstić information content (AvgIpc) is 2.33. The molecular formula is C12H11BrN2O. The second kappa shape index (κ2) is 5.09. The van der Waals surface area contributed by atoms with Gasteiger partial charge < -0.3 is 10.5 Å². The molecule has 0 saturated heterocycles. The number of hydrogen-bond acceptors (Lipinski definition) is 3. The number of aromatic nitrogens is 1. The van der Waals surface area contributed by atoms with Gasteiger partial charge in [-0.3, -0.25) is 4.98 Å². The standard InChI is InChI=1S/C12H11BrN2O/c13-10-8-15-6-5-12(10)16-11-4-2-1-3-9(11)7-14/h1-6,8H,7,14H2. The van der Waals surface area contributed by atoms with Gasteiger partial charge in [0, 0.05) is 30.6 Å². The van der Waals surface area contributed by atoms with Gasteiger partial charge in [0.05, 0.1) is 4.47 Å². The van der Waals surface area contributed by atoms with E-state index < -0.39 is 0 Å². The molecule has 1 aromatic carbocycles. The van der Waals surface area contributed by atoms with Crippen LogP contribution in [0.3, 0.4) is 0 Å². The Kier molecular flexibility index (Phi) is 3.54. The first-order valence-electron chi connectivity index (χ1n) is 4.86. The Labute approximate surface area is 102 Å². The van der Waals surface area contributed by atoms with E-state index in [1.807, 2.05) is 24.3 Å². The van der Waals surface area contributed by atoms with E-state index in [0.717, 1.165) is 21.5 Å². The molecule has 0 atom stereocenters. The Morgan fingerprint density at radius 1 is 1.19 bits per heavy atom. The van der Waals surface area contributed by atoms with Gasteiger partial charge in [0.25, 0.3) is 0 Å². The van der Waals surface area contributed by atoms with Crippen molar-refractivity contribution in [3.05, 3.63) is 52.8 Å². The molecule has 0 radical (unpaired) electrons. The molecule has 0 spiro atoms. The number of ether oxygens (including phenoxy) is 1.